The van der Waals surface area contributed by atoms with Gasteiger partial charge in [0.05, 0.1) is 0 Å². The maximum atomic E-state index is 12.9. The molecule has 1 atom stereocenters. The first kappa shape index (κ1) is 18.7. The van der Waals surface area contributed by atoms with Crippen molar-refractivity contribution in [1.29, 1.82) is 0 Å². The molecule has 2 N–H and O–H groups in total. The van der Waals surface area contributed by atoms with Crippen LogP contribution in [0, 0.1) is 6.92 Å². The third-order valence-electron chi connectivity index (χ3n) is 4.84. The molecule has 2 amide bonds. The number of hydrogen-bond donors (Lipinski definition) is 2. The fraction of sp³-hybridized carbons (Fsp3) is 0.227. The second kappa shape index (κ2) is 8.18. The fourth-order valence-corrected chi connectivity index (χ4v) is 3.39. The number of rotatable bonds is 6. The van der Waals surface area contributed by atoms with E-state index in [4.69, 9.17) is 4.52 Å². The number of carbonyl (C=O) groups is 2. The Balaban J connectivity index is 1.53. The minimum Gasteiger partial charge on any atom is -0.370 e. The number of benzene rings is 2. The summed E-state index contributed by atoms with van der Waals surface area (Å²) in [5, 5.41) is 9.89. The second-order valence-corrected chi connectivity index (χ2v) is 7.00. The number of aryl methyl sites for hydroxylation is 1. The molecular formula is C22H22N4O3. The van der Waals surface area contributed by atoms with E-state index in [1.165, 1.54) is 0 Å². The Morgan fingerprint density at radius 3 is 2.52 bits per heavy atom. The van der Waals surface area contributed by atoms with E-state index in [9.17, 15) is 9.59 Å². The van der Waals surface area contributed by atoms with E-state index in [0.29, 0.717) is 18.0 Å². The first-order chi connectivity index (χ1) is 14.1. The van der Waals surface area contributed by atoms with Gasteiger partial charge in [0.15, 0.2) is 5.82 Å². The van der Waals surface area contributed by atoms with E-state index in [2.05, 4.69) is 15.8 Å². The Kier molecular flexibility index (Phi) is 5.29. The van der Waals surface area contributed by atoms with Crippen molar-refractivity contribution in [2.75, 3.05) is 22.1 Å². The lowest BCUT2D eigenvalue weighted by atomic mass is 10.1. The van der Waals surface area contributed by atoms with Crippen LogP contribution in [0.5, 0.6) is 0 Å². The first-order valence-electron chi connectivity index (χ1n) is 9.56. The number of amides is 2. The van der Waals surface area contributed by atoms with Gasteiger partial charge in [0.25, 0.3) is 5.91 Å². The molecule has 0 spiro atoms. The van der Waals surface area contributed by atoms with Crippen LogP contribution >= 0.6 is 0 Å². The molecule has 7 nitrogen and oxygen atoms in total. The fourth-order valence-electron chi connectivity index (χ4n) is 3.39. The molecule has 148 valence electrons. The van der Waals surface area contributed by atoms with E-state index >= 15 is 0 Å². The minimum absolute atomic E-state index is 0.148. The molecule has 1 aliphatic rings. The quantitative estimate of drug-likeness (QED) is 0.666. The van der Waals surface area contributed by atoms with Gasteiger partial charge in [0.1, 0.15) is 11.8 Å². The Morgan fingerprint density at radius 2 is 1.90 bits per heavy atom. The van der Waals surface area contributed by atoms with Gasteiger partial charge in [-0.3, -0.25) is 9.59 Å². The Hall–Kier alpha value is -3.61. The van der Waals surface area contributed by atoms with Gasteiger partial charge in [-0.25, -0.2) is 0 Å². The van der Waals surface area contributed by atoms with Gasteiger partial charge in [0.2, 0.25) is 5.91 Å². The van der Waals surface area contributed by atoms with Crippen LogP contribution in [-0.4, -0.2) is 23.5 Å². The summed E-state index contributed by atoms with van der Waals surface area (Å²) < 4.78 is 5.02. The van der Waals surface area contributed by atoms with Crippen molar-refractivity contribution in [2.45, 2.75) is 25.8 Å². The van der Waals surface area contributed by atoms with Gasteiger partial charge >= 0.3 is 0 Å². The molecule has 0 radical (unpaired) electrons. The van der Waals surface area contributed by atoms with Crippen molar-refractivity contribution in [2.24, 2.45) is 0 Å². The zero-order valence-electron chi connectivity index (χ0n) is 16.1. The van der Waals surface area contributed by atoms with Gasteiger partial charge in [-0.1, -0.05) is 35.5 Å². The Labute approximate surface area is 168 Å². The third kappa shape index (κ3) is 4.29. The van der Waals surface area contributed by atoms with Crippen molar-refractivity contribution < 1.29 is 14.1 Å². The lowest BCUT2D eigenvalue weighted by Gasteiger charge is -2.20. The van der Waals surface area contributed by atoms with Crippen molar-refractivity contribution in [3.05, 3.63) is 72.0 Å². The highest BCUT2D eigenvalue weighted by Gasteiger charge is 2.23. The predicted octanol–water partition coefficient (Wildman–Crippen LogP) is 3.90. The van der Waals surface area contributed by atoms with Gasteiger partial charge in [-0.15, -0.1) is 0 Å². The third-order valence-corrected chi connectivity index (χ3v) is 4.84. The van der Waals surface area contributed by atoms with Gasteiger partial charge in [-0.2, -0.15) is 0 Å². The summed E-state index contributed by atoms with van der Waals surface area (Å²) in [7, 11) is 0. The Morgan fingerprint density at radius 1 is 1.14 bits per heavy atom. The average molecular weight is 390 g/mol. The maximum absolute atomic E-state index is 12.9. The minimum atomic E-state index is -0.618. The molecule has 1 aromatic heterocycles. The molecule has 2 aromatic carbocycles. The van der Waals surface area contributed by atoms with E-state index in [1.807, 2.05) is 54.6 Å². The molecular weight excluding hydrogens is 368 g/mol. The predicted molar refractivity (Wildman–Crippen MR) is 111 cm³/mol. The number of nitrogens with zero attached hydrogens (tertiary/aromatic N) is 2. The Bertz CT molecular complexity index is 998. The lowest BCUT2D eigenvalue weighted by molar-refractivity contribution is -0.117. The SMILES string of the molecule is Cc1cc(NC(=O)[C@@H](Nc2ccc(N3CCCC3=O)cc2)c2ccccc2)no1. The number of anilines is 3. The molecule has 4 rings (SSSR count). The van der Waals surface area contributed by atoms with E-state index < -0.39 is 6.04 Å². The number of carbonyl (C=O) groups excluding carboxylic acids is 2. The zero-order chi connectivity index (χ0) is 20.2. The smallest absolute Gasteiger partial charge is 0.252 e. The molecule has 7 heteroatoms. The molecule has 0 bridgehead atoms. The highest BCUT2D eigenvalue weighted by molar-refractivity contribution is 5.97. The van der Waals surface area contributed by atoms with Gasteiger partial charge in [0, 0.05) is 30.4 Å². The van der Waals surface area contributed by atoms with Gasteiger partial charge in [-0.05, 0) is 43.2 Å². The molecule has 0 saturated carbocycles. The largest absolute Gasteiger partial charge is 0.370 e. The van der Waals surface area contributed by atoms with E-state index in [0.717, 1.165) is 29.9 Å². The van der Waals surface area contributed by atoms with Crippen molar-refractivity contribution in [3.8, 4) is 0 Å². The molecule has 1 fully saturated rings. The molecule has 2 heterocycles. The van der Waals surface area contributed by atoms with Crippen molar-refractivity contribution in [1.82, 2.24) is 5.16 Å². The standard InChI is InChI=1S/C22H22N4O3/c1-15-14-19(25-29-15)24-22(28)21(16-6-3-2-4-7-16)23-17-9-11-18(12-10-17)26-13-5-8-20(26)27/h2-4,6-7,9-12,14,21,23H,5,8,13H2,1H3,(H,24,25,28)/t21-/m0/s1. The molecule has 0 unspecified atom stereocenters. The molecule has 29 heavy (non-hydrogen) atoms. The monoisotopic (exact) mass is 390 g/mol. The summed E-state index contributed by atoms with van der Waals surface area (Å²) in [5.41, 5.74) is 2.47. The topological polar surface area (TPSA) is 87.5 Å². The molecule has 0 aliphatic carbocycles. The summed E-state index contributed by atoms with van der Waals surface area (Å²) in [6.07, 6.45) is 1.48. The van der Waals surface area contributed by atoms with Crippen LogP contribution in [0.1, 0.15) is 30.2 Å². The number of nitrogens with one attached hydrogen (secondary N) is 2. The van der Waals surface area contributed by atoms with Crippen molar-refractivity contribution in [3.63, 3.8) is 0 Å². The molecule has 1 saturated heterocycles. The van der Waals surface area contributed by atoms with Gasteiger partial charge < -0.3 is 20.1 Å². The zero-order valence-corrected chi connectivity index (χ0v) is 16.1. The summed E-state index contributed by atoms with van der Waals surface area (Å²) in [6, 6.07) is 18.1. The summed E-state index contributed by atoms with van der Waals surface area (Å²) >= 11 is 0. The highest BCUT2D eigenvalue weighted by Crippen LogP contribution is 2.26. The first-order valence-corrected chi connectivity index (χ1v) is 9.56. The number of aromatic nitrogens is 1. The molecule has 1 aliphatic heterocycles. The summed E-state index contributed by atoms with van der Waals surface area (Å²) in [5.74, 6) is 0.896. The van der Waals surface area contributed by atoms with Crippen LogP contribution in [0.4, 0.5) is 17.2 Å². The van der Waals surface area contributed by atoms with Crippen LogP contribution in [0.2, 0.25) is 0 Å². The second-order valence-electron chi connectivity index (χ2n) is 7.00. The average Bonchev–Trinajstić information content (AvgIpc) is 3.35. The maximum Gasteiger partial charge on any atom is 0.252 e. The van der Waals surface area contributed by atoms with Crippen LogP contribution < -0.4 is 15.5 Å². The van der Waals surface area contributed by atoms with Crippen LogP contribution in [0.15, 0.2) is 65.2 Å². The van der Waals surface area contributed by atoms with Crippen molar-refractivity contribution >= 4 is 29.0 Å². The summed E-state index contributed by atoms with van der Waals surface area (Å²) in [4.78, 5) is 26.7. The van der Waals surface area contributed by atoms with Crippen LogP contribution in [0.25, 0.3) is 0 Å². The van der Waals surface area contributed by atoms with Crippen LogP contribution in [0.3, 0.4) is 0 Å². The number of hydrogen-bond acceptors (Lipinski definition) is 5. The lowest BCUT2D eigenvalue weighted by Crippen LogP contribution is -2.27. The summed E-state index contributed by atoms with van der Waals surface area (Å²) in [6.45, 7) is 2.51. The van der Waals surface area contributed by atoms with E-state index in [-0.39, 0.29) is 11.8 Å². The van der Waals surface area contributed by atoms with Crippen LogP contribution in [-0.2, 0) is 9.59 Å². The highest BCUT2D eigenvalue weighted by atomic mass is 16.5. The normalized spacial score (nSPS) is 14.7. The van der Waals surface area contributed by atoms with E-state index in [1.54, 1.807) is 17.9 Å². The molecule has 3 aromatic rings.